The first-order valence-electron chi connectivity index (χ1n) is 7.17. The number of benzene rings is 1. The van der Waals surface area contributed by atoms with Gasteiger partial charge in [-0.25, -0.2) is 0 Å². The molecular weight excluding hydrogens is 336 g/mol. The van der Waals surface area contributed by atoms with Gasteiger partial charge in [0.1, 0.15) is 5.75 Å². The topological polar surface area (TPSA) is 60.9 Å². The predicted molar refractivity (Wildman–Crippen MR) is 89.2 cm³/mol. The fourth-order valence-corrected chi connectivity index (χ4v) is 3.38. The molecular formula is C16H15ClN2O3S. The van der Waals surface area contributed by atoms with E-state index in [4.69, 9.17) is 11.6 Å². The number of carbonyl (C=O) groups is 2. The monoisotopic (exact) mass is 350 g/mol. The highest BCUT2D eigenvalue weighted by Gasteiger charge is 2.27. The SMILES string of the molecule is O=C(c1cccs1)N1CCN(C(=O)c2cc(Cl)ccc2O)CC1. The number of aromatic hydroxyl groups is 1. The molecule has 120 valence electrons. The Morgan fingerprint density at radius 2 is 1.70 bits per heavy atom. The average Bonchev–Trinajstić information content (AvgIpc) is 3.10. The van der Waals surface area contributed by atoms with Crippen LogP contribution in [0.3, 0.4) is 0 Å². The van der Waals surface area contributed by atoms with Gasteiger partial charge in [-0.05, 0) is 29.6 Å². The summed E-state index contributed by atoms with van der Waals surface area (Å²) in [4.78, 5) is 28.8. The van der Waals surface area contributed by atoms with E-state index in [0.29, 0.717) is 36.1 Å². The van der Waals surface area contributed by atoms with E-state index >= 15 is 0 Å². The van der Waals surface area contributed by atoms with Gasteiger partial charge in [0.05, 0.1) is 10.4 Å². The van der Waals surface area contributed by atoms with E-state index in [2.05, 4.69) is 0 Å². The lowest BCUT2D eigenvalue weighted by molar-refractivity contribution is 0.0536. The average molecular weight is 351 g/mol. The van der Waals surface area contributed by atoms with Crippen molar-refractivity contribution in [3.63, 3.8) is 0 Å². The van der Waals surface area contributed by atoms with Crippen molar-refractivity contribution in [3.05, 3.63) is 51.2 Å². The minimum absolute atomic E-state index is 0.00213. The summed E-state index contributed by atoms with van der Waals surface area (Å²) in [6.45, 7) is 1.82. The number of phenolic OH excluding ortho intramolecular Hbond substituents is 1. The molecule has 23 heavy (non-hydrogen) atoms. The van der Waals surface area contributed by atoms with Crippen molar-refractivity contribution in [1.29, 1.82) is 0 Å². The van der Waals surface area contributed by atoms with Crippen LogP contribution in [0.2, 0.25) is 5.02 Å². The Bertz CT molecular complexity index is 725. The van der Waals surface area contributed by atoms with E-state index in [1.165, 1.54) is 29.5 Å². The van der Waals surface area contributed by atoms with Gasteiger partial charge in [-0.3, -0.25) is 9.59 Å². The van der Waals surface area contributed by atoms with Crippen LogP contribution in [-0.2, 0) is 0 Å². The van der Waals surface area contributed by atoms with Gasteiger partial charge in [0.15, 0.2) is 0 Å². The fourth-order valence-electron chi connectivity index (χ4n) is 2.52. The number of hydrogen-bond donors (Lipinski definition) is 1. The van der Waals surface area contributed by atoms with Crippen molar-refractivity contribution in [3.8, 4) is 5.75 Å². The molecule has 0 bridgehead atoms. The molecule has 1 aliphatic heterocycles. The molecule has 5 nitrogen and oxygen atoms in total. The zero-order valence-corrected chi connectivity index (χ0v) is 13.8. The number of hydrogen-bond acceptors (Lipinski definition) is 4. The Balaban J connectivity index is 1.66. The quantitative estimate of drug-likeness (QED) is 0.905. The fraction of sp³-hybridized carbons (Fsp3) is 0.250. The van der Waals surface area contributed by atoms with Gasteiger partial charge in [0.2, 0.25) is 0 Å². The Hall–Kier alpha value is -2.05. The highest BCUT2D eigenvalue weighted by molar-refractivity contribution is 7.12. The van der Waals surface area contributed by atoms with Gasteiger partial charge in [-0.2, -0.15) is 0 Å². The Morgan fingerprint density at radius 3 is 2.30 bits per heavy atom. The van der Waals surface area contributed by atoms with Crippen LogP contribution in [0.4, 0.5) is 0 Å². The van der Waals surface area contributed by atoms with Crippen molar-refractivity contribution in [2.24, 2.45) is 0 Å². The third-order valence-electron chi connectivity index (χ3n) is 3.78. The molecule has 0 atom stereocenters. The van der Waals surface area contributed by atoms with Gasteiger partial charge in [-0.15, -0.1) is 11.3 Å². The number of nitrogens with zero attached hydrogens (tertiary/aromatic N) is 2. The highest BCUT2D eigenvalue weighted by Crippen LogP contribution is 2.23. The Labute approximate surface area is 142 Å². The van der Waals surface area contributed by atoms with Gasteiger partial charge >= 0.3 is 0 Å². The molecule has 0 spiro atoms. The van der Waals surface area contributed by atoms with Gasteiger partial charge < -0.3 is 14.9 Å². The molecule has 1 aliphatic rings. The maximum Gasteiger partial charge on any atom is 0.264 e. The summed E-state index contributed by atoms with van der Waals surface area (Å²) in [6.07, 6.45) is 0. The van der Waals surface area contributed by atoms with Crippen LogP contribution in [0.25, 0.3) is 0 Å². The maximum absolute atomic E-state index is 12.5. The van der Waals surface area contributed by atoms with E-state index in [0.717, 1.165) is 0 Å². The van der Waals surface area contributed by atoms with Crippen molar-refractivity contribution < 1.29 is 14.7 Å². The summed E-state index contributed by atoms with van der Waals surface area (Å²) in [5.74, 6) is -0.359. The number of rotatable bonds is 2. The molecule has 0 aliphatic carbocycles. The number of piperazine rings is 1. The molecule has 0 unspecified atom stereocenters. The summed E-state index contributed by atoms with van der Waals surface area (Å²) in [6, 6.07) is 8.05. The Morgan fingerprint density at radius 1 is 1.04 bits per heavy atom. The van der Waals surface area contributed by atoms with Crippen LogP contribution in [0.1, 0.15) is 20.0 Å². The molecule has 2 aromatic rings. The molecule has 1 aromatic carbocycles. The van der Waals surface area contributed by atoms with Crippen LogP contribution in [0.5, 0.6) is 5.75 Å². The zero-order chi connectivity index (χ0) is 16.4. The van der Waals surface area contributed by atoms with Crippen molar-refractivity contribution in [2.75, 3.05) is 26.2 Å². The number of carbonyl (C=O) groups excluding carboxylic acids is 2. The van der Waals surface area contributed by atoms with Crippen molar-refractivity contribution in [2.45, 2.75) is 0 Å². The Kier molecular flexibility index (Phi) is 4.54. The normalized spacial score (nSPS) is 14.8. The second-order valence-electron chi connectivity index (χ2n) is 5.22. The minimum Gasteiger partial charge on any atom is -0.507 e. The highest BCUT2D eigenvalue weighted by atomic mass is 35.5. The predicted octanol–water partition coefficient (Wildman–Crippen LogP) is 2.71. The van der Waals surface area contributed by atoms with E-state index < -0.39 is 0 Å². The molecule has 1 N–H and O–H groups in total. The number of phenols is 1. The van der Waals surface area contributed by atoms with Gasteiger partial charge in [0.25, 0.3) is 11.8 Å². The molecule has 0 radical (unpaired) electrons. The second kappa shape index (κ2) is 6.60. The summed E-state index contributed by atoms with van der Waals surface area (Å²) in [7, 11) is 0. The first-order valence-corrected chi connectivity index (χ1v) is 8.42. The molecule has 2 heterocycles. The van der Waals surface area contributed by atoms with Gasteiger partial charge in [-0.1, -0.05) is 17.7 Å². The maximum atomic E-state index is 12.5. The lowest BCUT2D eigenvalue weighted by Crippen LogP contribution is -2.50. The van der Waals surface area contributed by atoms with Crippen LogP contribution >= 0.6 is 22.9 Å². The van der Waals surface area contributed by atoms with E-state index in [1.807, 2.05) is 11.4 Å². The molecule has 1 saturated heterocycles. The number of halogens is 1. The molecule has 1 aromatic heterocycles. The summed E-state index contributed by atoms with van der Waals surface area (Å²) < 4.78 is 0. The van der Waals surface area contributed by atoms with E-state index in [-0.39, 0.29) is 23.1 Å². The lowest BCUT2D eigenvalue weighted by Gasteiger charge is -2.34. The van der Waals surface area contributed by atoms with Crippen molar-refractivity contribution in [1.82, 2.24) is 9.80 Å². The van der Waals surface area contributed by atoms with Crippen LogP contribution in [0, 0.1) is 0 Å². The lowest BCUT2D eigenvalue weighted by atomic mass is 10.1. The van der Waals surface area contributed by atoms with Crippen LogP contribution in [-0.4, -0.2) is 52.9 Å². The number of amides is 2. The second-order valence-corrected chi connectivity index (χ2v) is 6.61. The largest absolute Gasteiger partial charge is 0.507 e. The summed E-state index contributed by atoms with van der Waals surface area (Å²) >= 11 is 7.30. The molecule has 0 saturated carbocycles. The van der Waals surface area contributed by atoms with Crippen LogP contribution < -0.4 is 0 Å². The summed E-state index contributed by atoms with van der Waals surface area (Å²) in [5, 5.41) is 12.1. The third-order valence-corrected chi connectivity index (χ3v) is 4.87. The number of thiophene rings is 1. The molecule has 2 amide bonds. The van der Waals surface area contributed by atoms with E-state index in [9.17, 15) is 14.7 Å². The van der Waals surface area contributed by atoms with Crippen LogP contribution in [0.15, 0.2) is 35.7 Å². The molecule has 3 rings (SSSR count). The molecule has 1 fully saturated rings. The first kappa shape index (κ1) is 15.8. The third kappa shape index (κ3) is 3.33. The van der Waals surface area contributed by atoms with Crippen molar-refractivity contribution >= 4 is 34.8 Å². The zero-order valence-electron chi connectivity index (χ0n) is 12.2. The van der Waals surface area contributed by atoms with Gasteiger partial charge in [0, 0.05) is 31.2 Å². The first-order chi connectivity index (χ1) is 11.1. The smallest absolute Gasteiger partial charge is 0.264 e. The minimum atomic E-state index is -0.270. The standard InChI is InChI=1S/C16H15ClN2O3S/c17-11-3-4-13(20)12(10-11)15(21)18-5-7-19(8-6-18)16(22)14-2-1-9-23-14/h1-4,9-10,20H,5-8H2. The summed E-state index contributed by atoms with van der Waals surface area (Å²) in [5.41, 5.74) is 0.190. The van der Waals surface area contributed by atoms with E-state index in [1.54, 1.807) is 15.9 Å². The molecule has 7 heteroatoms.